The summed E-state index contributed by atoms with van der Waals surface area (Å²) in [6.45, 7) is 1.49. The minimum Gasteiger partial charge on any atom is -0.474 e. The molecule has 0 spiro atoms. The molecule has 1 fully saturated rings. The lowest BCUT2D eigenvalue weighted by atomic mass is 10.0. The third-order valence-electron chi connectivity index (χ3n) is 3.02. The van der Waals surface area contributed by atoms with Crippen LogP contribution in [-0.2, 0) is 0 Å². The normalized spacial score (nSPS) is 21.5. The zero-order chi connectivity index (χ0) is 12.3. The second kappa shape index (κ2) is 5.60. The molecule has 1 aromatic heterocycles. The lowest BCUT2D eigenvalue weighted by molar-refractivity contribution is 0.120. The standard InChI is InChI=1S/C11H15ClFN3O/c1-16-5-3-2-4-8(16)7-17-10-9(13)6-14-11(12)15-10/h6,8H,2-5,7H2,1H3. The molecule has 1 atom stereocenters. The van der Waals surface area contributed by atoms with Crippen LogP contribution in [0, 0.1) is 5.82 Å². The van der Waals surface area contributed by atoms with Gasteiger partial charge in [0.2, 0.25) is 11.1 Å². The molecule has 94 valence electrons. The first kappa shape index (κ1) is 12.5. The fraction of sp³-hybridized carbons (Fsp3) is 0.636. The van der Waals surface area contributed by atoms with E-state index in [2.05, 4.69) is 21.9 Å². The number of nitrogens with zero attached hydrogens (tertiary/aromatic N) is 3. The lowest BCUT2D eigenvalue weighted by Crippen LogP contribution is -2.40. The van der Waals surface area contributed by atoms with Crippen molar-refractivity contribution in [3.63, 3.8) is 0 Å². The van der Waals surface area contributed by atoms with E-state index in [0.29, 0.717) is 12.6 Å². The summed E-state index contributed by atoms with van der Waals surface area (Å²) in [4.78, 5) is 9.49. The topological polar surface area (TPSA) is 38.2 Å². The molecule has 1 saturated heterocycles. The molecule has 6 heteroatoms. The van der Waals surface area contributed by atoms with E-state index in [-0.39, 0.29) is 11.2 Å². The molecule has 2 rings (SSSR count). The maximum Gasteiger partial charge on any atom is 0.254 e. The largest absolute Gasteiger partial charge is 0.474 e. The predicted octanol–water partition coefficient (Wildman–Crippen LogP) is 2.13. The molecule has 17 heavy (non-hydrogen) atoms. The number of likely N-dealkylation sites (N-methyl/N-ethyl adjacent to an activating group) is 1. The van der Waals surface area contributed by atoms with Gasteiger partial charge < -0.3 is 9.64 Å². The van der Waals surface area contributed by atoms with Gasteiger partial charge in [-0.1, -0.05) is 6.42 Å². The van der Waals surface area contributed by atoms with Gasteiger partial charge in [-0.3, -0.25) is 0 Å². The van der Waals surface area contributed by atoms with Crippen LogP contribution in [0.1, 0.15) is 19.3 Å². The minimum absolute atomic E-state index is 0.00148. The number of piperidine rings is 1. The first-order valence-corrected chi connectivity index (χ1v) is 6.05. The van der Waals surface area contributed by atoms with Crippen LogP contribution >= 0.6 is 11.6 Å². The molecule has 4 nitrogen and oxygen atoms in total. The Kier molecular flexibility index (Phi) is 4.12. The second-order valence-corrected chi connectivity index (χ2v) is 4.57. The Bertz CT molecular complexity index is 391. The van der Waals surface area contributed by atoms with Crippen LogP contribution in [0.25, 0.3) is 0 Å². The summed E-state index contributed by atoms with van der Waals surface area (Å²) in [5, 5.41) is -0.00148. The van der Waals surface area contributed by atoms with Gasteiger partial charge in [-0.15, -0.1) is 0 Å². The molecule has 1 aromatic rings. The highest BCUT2D eigenvalue weighted by atomic mass is 35.5. The quantitative estimate of drug-likeness (QED) is 0.780. The summed E-state index contributed by atoms with van der Waals surface area (Å²) in [6, 6.07) is 0.317. The summed E-state index contributed by atoms with van der Waals surface area (Å²) >= 11 is 5.59. The molecule has 0 radical (unpaired) electrons. The molecular formula is C11H15ClFN3O. The van der Waals surface area contributed by atoms with Crippen LogP contribution in [0.4, 0.5) is 4.39 Å². The lowest BCUT2D eigenvalue weighted by Gasteiger charge is -2.31. The van der Waals surface area contributed by atoms with Crippen molar-refractivity contribution in [1.29, 1.82) is 0 Å². The average molecular weight is 260 g/mol. The molecule has 1 unspecified atom stereocenters. The maximum atomic E-state index is 13.3. The highest BCUT2D eigenvalue weighted by Crippen LogP contribution is 2.18. The highest BCUT2D eigenvalue weighted by molar-refractivity contribution is 6.28. The van der Waals surface area contributed by atoms with Gasteiger partial charge in [0.25, 0.3) is 5.88 Å². The molecule has 0 bridgehead atoms. The number of hydrogen-bond acceptors (Lipinski definition) is 4. The van der Waals surface area contributed by atoms with E-state index in [1.54, 1.807) is 0 Å². The number of ether oxygens (including phenoxy) is 1. The Morgan fingerprint density at radius 2 is 2.41 bits per heavy atom. The van der Waals surface area contributed by atoms with E-state index < -0.39 is 5.82 Å². The van der Waals surface area contributed by atoms with Gasteiger partial charge in [0.1, 0.15) is 6.61 Å². The SMILES string of the molecule is CN1CCCCC1COc1nc(Cl)ncc1F. The monoisotopic (exact) mass is 259 g/mol. The van der Waals surface area contributed by atoms with Crippen LogP contribution in [0.2, 0.25) is 5.28 Å². The van der Waals surface area contributed by atoms with Crippen molar-refractivity contribution < 1.29 is 9.13 Å². The number of likely N-dealkylation sites (tertiary alicyclic amines) is 1. The highest BCUT2D eigenvalue weighted by Gasteiger charge is 2.20. The van der Waals surface area contributed by atoms with Crippen LogP contribution in [0.15, 0.2) is 6.20 Å². The smallest absolute Gasteiger partial charge is 0.254 e. The van der Waals surface area contributed by atoms with E-state index in [9.17, 15) is 4.39 Å². The van der Waals surface area contributed by atoms with Gasteiger partial charge in [0.15, 0.2) is 0 Å². The Hall–Kier alpha value is -0.940. The molecule has 0 aliphatic carbocycles. The van der Waals surface area contributed by atoms with Gasteiger partial charge in [-0.05, 0) is 38.0 Å². The first-order valence-electron chi connectivity index (χ1n) is 5.68. The average Bonchev–Trinajstić information content (AvgIpc) is 2.32. The van der Waals surface area contributed by atoms with Crippen molar-refractivity contribution in [3.8, 4) is 5.88 Å². The molecule has 0 N–H and O–H groups in total. The summed E-state index contributed by atoms with van der Waals surface area (Å²) in [5.41, 5.74) is 0. The third kappa shape index (κ3) is 3.26. The van der Waals surface area contributed by atoms with Crippen molar-refractivity contribution in [2.45, 2.75) is 25.3 Å². The maximum absolute atomic E-state index is 13.3. The van der Waals surface area contributed by atoms with Gasteiger partial charge >= 0.3 is 0 Å². The Labute approximate surface area is 105 Å². The number of halogens is 2. The van der Waals surface area contributed by atoms with E-state index in [0.717, 1.165) is 19.2 Å². The predicted molar refractivity (Wildman–Crippen MR) is 62.8 cm³/mol. The van der Waals surface area contributed by atoms with Gasteiger partial charge in [0, 0.05) is 6.04 Å². The Balaban J connectivity index is 1.94. The molecule has 0 amide bonds. The van der Waals surface area contributed by atoms with Crippen molar-refractivity contribution in [1.82, 2.24) is 14.9 Å². The van der Waals surface area contributed by atoms with Crippen LogP contribution < -0.4 is 4.74 Å². The van der Waals surface area contributed by atoms with Crippen molar-refractivity contribution in [2.75, 3.05) is 20.2 Å². The van der Waals surface area contributed by atoms with Crippen LogP contribution in [0.5, 0.6) is 5.88 Å². The molecule has 0 saturated carbocycles. The number of rotatable bonds is 3. The zero-order valence-electron chi connectivity index (χ0n) is 9.70. The zero-order valence-corrected chi connectivity index (χ0v) is 10.5. The fourth-order valence-electron chi connectivity index (χ4n) is 1.96. The minimum atomic E-state index is -0.576. The van der Waals surface area contributed by atoms with Gasteiger partial charge in [0.05, 0.1) is 6.20 Å². The van der Waals surface area contributed by atoms with Crippen LogP contribution in [0.3, 0.4) is 0 Å². The van der Waals surface area contributed by atoms with Crippen molar-refractivity contribution in [3.05, 3.63) is 17.3 Å². The van der Waals surface area contributed by atoms with Gasteiger partial charge in [-0.25, -0.2) is 4.98 Å². The molecule has 0 aromatic carbocycles. The first-order chi connectivity index (χ1) is 8.16. The summed E-state index contributed by atoms with van der Waals surface area (Å²) in [6.07, 6.45) is 4.48. The van der Waals surface area contributed by atoms with E-state index >= 15 is 0 Å². The molecule has 1 aliphatic heterocycles. The second-order valence-electron chi connectivity index (χ2n) is 4.23. The Morgan fingerprint density at radius 1 is 1.59 bits per heavy atom. The van der Waals surface area contributed by atoms with E-state index in [1.807, 2.05) is 0 Å². The van der Waals surface area contributed by atoms with Crippen molar-refractivity contribution in [2.24, 2.45) is 0 Å². The number of aromatic nitrogens is 2. The van der Waals surface area contributed by atoms with E-state index in [4.69, 9.17) is 16.3 Å². The molecular weight excluding hydrogens is 245 g/mol. The summed E-state index contributed by atoms with van der Waals surface area (Å²) in [7, 11) is 2.05. The molecule has 1 aliphatic rings. The molecule has 2 heterocycles. The number of hydrogen-bond donors (Lipinski definition) is 0. The van der Waals surface area contributed by atoms with Crippen molar-refractivity contribution >= 4 is 11.6 Å². The van der Waals surface area contributed by atoms with Crippen LogP contribution in [-0.4, -0.2) is 41.1 Å². The van der Waals surface area contributed by atoms with Gasteiger partial charge in [-0.2, -0.15) is 9.37 Å². The summed E-state index contributed by atoms with van der Waals surface area (Å²) < 4.78 is 18.7. The third-order valence-corrected chi connectivity index (χ3v) is 3.20. The summed E-state index contributed by atoms with van der Waals surface area (Å²) in [5.74, 6) is -0.642. The van der Waals surface area contributed by atoms with E-state index in [1.165, 1.54) is 12.8 Å². The Morgan fingerprint density at radius 3 is 3.18 bits per heavy atom. The fourth-order valence-corrected chi connectivity index (χ4v) is 2.09.